The Balaban J connectivity index is 2.87. The third kappa shape index (κ3) is 1.80. The third-order valence-electron chi connectivity index (χ3n) is 1.57. The van der Waals surface area contributed by atoms with Crippen molar-refractivity contribution in [3.63, 3.8) is 0 Å². The van der Waals surface area contributed by atoms with Gasteiger partial charge < -0.3 is 0 Å². The van der Waals surface area contributed by atoms with Gasteiger partial charge in [0, 0.05) is 38.6 Å². The summed E-state index contributed by atoms with van der Waals surface area (Å²) in [6, 6.07) is 3.18. The first-order valence-electron chi connectivity index (χ1n) is 3.44. The van der Waals surface area contributed by atoms with E-state index >= 15 is 0 Å². The molecule has 2 aromatic rings. The zero-order valence-corrected chi connectivity index (χ0v) is 10.0. The molecule has 0 saturated heterocycles. The van der Waals surface area contributed by atoms with Gasteiger partial charge in [-0.15, -0.1) is 0 Å². The van der Waals surface area contributed by atoms with Crippen LogP contribution in [0.2, 0.25) is 0 Å². The fourth-order valence-electron chi connectivity index (χ4n) is 1.05. The lowest BCUT2D eigenvalue weighted by molar-refractivity contribution is 0.635. The van der Waals surface area contributed by atoms with E-state index < -0.39 is 0 Å². The van der Waals surface area contributed by atoms with Crippen molar-refractivity contribution in [2.24, 2.45) is 0 Å². The van der Waals surface area contributed by atoms with Gasteiger partial charge in [-0.3, -0.25) is 0 Å². The van der Waals surface area contributed by atoms with Crippen LogP contribution in [0, 0.1) is 9.65 Å². The predicted molar refractivity (Wildman–Crippen MR) is 59.9 cm³/mol. The number of fused-ring (bicyclic) bond motifs is 1. The minimum absolute atomic E-state index is 0.329. The highest BCUT2D eigenvalue weighted by Gasteiger charge is 2.04. The average Bonchev–Trinajstić information content (AvgIpc) is 2.06. The number of rotatable bonds is 0. The molecule has 0 radical (unpaired) electrons. The monoisotopic (exact) mass is 352 g/mol. The third-order valence-corrected chi connectivity index (χ3v) is 2.55. The summed E-state index contributed by atoms with van der Waals surface area (Å²) in [4.78, 5) is 7.97. The molecule has 0 unspecified atom stereocenters. The lowest BCUT2D eigenvalue weighted by Crippen LogP contribution is -1.90. The summed E-state index contributed by atoms with van der Waals surface area (Å²) >= 11 is 5.16. The number of hydrogen-bond donors (Lipinski definition) is 0. The van der Waals surface area contributed by atoms with Crippen LogP contribution in [0.3, 0.4) is 0 Å². The molecule has 0 atom stereocenters. The van der Waals surface area contributed by atoms with Crippen molar-refractivity contribution in [1.82, 2.24) is 9.97 Å². The molecule has 0 aliphatic carbocycles. The minimum Gasteiger partial charge on any atom is -0.231 e. The van der Waals surface area contributed by atoms with E-state index in [1.165, 1.54) is 6.07 Å². The Hall–Kier alpha value is -0.300. The second-order valence-corrected chi connectivity index (χ2v) is 4.35. The van der Waals surface area contributed by atoms with Gasteiger partial charge in [0.05, 0.1) is 0 Å². The average molecular weight is 353 g/mol. The van der Waals surface area contributed by atoms with Gasteiger partial charge in [-0.2, -0.15) is 0 Å². The lowest BCUT2D eigenvalue weighted by Gasteiger charge is -1.99. The van der Waals surface area contributed by atoms with Crippen LogP contribution in [0.15, 0.2) is 22.8 Å². The highest BCUT2D eigenvalue weighted by molar-refractivity contribution is 14.1. The quantitative estimate of drug-likeness (QED) is 0.537. The second kappa shape index (κ2) is 3.45. The highest BCUT2D eigenvalue weighted by atomic mass is 127. The molecule has 0 saturated carbocycles. The van der Waals surface area contributed by atoms with Crippen LogP contribution in [0.25, 0.3) is 10.9 Å². The maximum Gasteiger partial charge on any atom is 0.191 e. The van der Waals surface area contributed by atoms with Gasteiger partial charge in [0.2, 0.25) is 0 Å². The topological polar surface area (TPSA) is 25.8 Å². The normalized spacial score (nSPS) is 10.7. The zero-order chi connectivity index (χ0) is 9.42. The van der Waals surface area contributed by atoms with E-state index in [0.717, 1.165) is 0 Å². The standard InChI is InChI=1S/C8H3BrFIN2/c9-5-1-4-3-12-8(11)13-7(4)6(10)2-5/h1-3H. The first-order chi connectivity index (χ1) is 6.16. The molecule has 0 aliphatic rings. The van der Waals surface area contributed by atoms with E-state index in [-0.39, 0.29) is 5.82 Å². The minimum atomic E-state index is -0.329. The molecule has 0 amide bonds. The van der Waals surface area contributed by atoms with Crippen molar-refractivity contribution in [3.05, 3.63) is 32.5 Å². The predicted octanol–water partition coefficient (Wildman–Crippen LogP) is 3.14. The van der Waals surface area contributed by atoms with Gasteiger partial charge in [0.25, 0.3) is 0 Å². The number of nitrogens with zero attached hydrogens (tertiary/aromatic N) is 2. The van der Waals surface area contributed by atoms with Crippen LogP contribution in [-0.4, -0.2) is 9.97 Å². The first kappa shape index (κ1) is 9.26. The molecule has 2 nitrogen and oxygen atoms in total. The second-order valence-electron chi connectivity index (χ2n) is 2.46. The molecule has 0 aliphatic heterocycles. The van der Waals surface area contributed by atoms with Crippen molar-refractivity contribution in [2.75, 3.05) is 0 Å². The fraction of sp³-hybridized carbons (Fsp3) is 0. The van der Waals surface area contributed by atoms with E-state index in [4.69, 9.17) is 0 Å². The number of aromatic nitrogens is 2. The summed E-state index contributed by atoms with van der Waals surface area (Å²) < 4.78 is 14.5. The van der Waals surface area contributed by atoms with Crippen molar-refractivity contribution in [2.45, 2.75) is 0 Å². The van der Waals surface area contributed by atoms with Crippen LogP contribution in [0.5, 0.6) is 0 Å². The Morgan fingerprint density at radius 2 is 2.15 bits per heavy atom. The summed E-state index contributed by atoms with van der Waals surface area (Å²) in [5.74, 6) is -0.329. The van der Waals surface area contributed by atoms with Gasteiger partial charge in [-0.25, -0.2) is 14.4 Å². The van der Waals surface area contributed by atoms with Gasteiger partial charge in [0.1, 0.15) is 5.52 Å². The molecule has 1 heterocycles. The van der Waals surface area contributed by atoms with E-state index in [9.17, 15) is 4.39 Å². The summed E-state index contributed by atoms with van der Waals surface area (Å²) in [5.41, 5.74) is 0.364. The van der Waals surface area contributed by atoms with E-state index in [0.29, 0.717) is 19.2 Å². The van der Waals surface area contributed by atoms with Crippen LogP contribution < -0.4 is 0 Å². The molecule has 2 rings (SSSR count). The van der Waals surface area contributed by atoms with Crippen LogP contribution >= 0.6 is 38.5 Å². The van der Waals surface area contributed by atoms with Crippen LogP contribution in [-0.2, 0) is 0 Å². The fourth-order valence-corrected chi connectivity index (χ4v) is 1.87. The Morgan fingerprint density at radius 1 is 1.38 bits per heavy atom. The molecule has 13 heavy (non-hydrogen) atoms. The van der Waals surface area contributed by atoms with E-state index in [1.807, 2.05) is 22.6 Å². The SMILES string of the molecule is Fc1cc(Br)cc2cnc(I)nc12. The number of halogens is 3. The Kier molecular flexibility index (Phi) is 2.46. The van der Waals surface area contributed by atoms with Crippen LogP contribution in [0.1, 0.15) is 0 Å². The Labute approximate surface area is 95.8 Å². The molecule has 66 valence electrons. The summed E-state index contributed by atoms with van der Waals surface area (Å²) in [6.07, 6.45) is 1.61. The Bertz CT molecular complexity index is 475. The Morgan fingerprint density at radius 3 is 2.92 bits per heavy atom. The smallest absolute Gasteiger partial charge is 0.191 e. The number of hydrogen-bond acceptors (Lipinski definition) is 2. The maximum absolute atomic E-state index is 13.3. The number of benzene rings is 1. The van der Waals surface area contributed by atoms with Gasteiger partial charge in [-0.05, 0) is 12.1 Å². The molecular formula is C8H3BrFIN2. The molecule has 1 aromatic carbocycles. The molecular weight excluding hydrogens is 350 g/mol. The van der Waals surface area contributed by atoms with Gasteiger partial charge in [-0.1, -0.05) is 15.9 Å². The molecule has 0 bridgehead atoms. The molecule has 0 N–H and O–H groups in total. The van der Waals surface area contributed by atoms with Gasteiger partial charge >= 0.3 is 0 Å². The molecule has 0 fully saturated rings. The van der Waals surface area contributed by atoms with Crippen molar-refractivity contribution in [3.8, 4) is 0 Å². The molecule has 0 spiro atoms. The molecule has 1 aromatic heterocycles. The maximum atomic E-state index is 13.3. The summed E-state index contributed by atoms with van der Waals surface area (Å²) in [5, 5.41) is 0.701. The largest absolute Gasteiger partial charge is 0.231 e. The molecule has 5 heteroatoms. The van der Waals surface area contributed by atoms with Crippen LogP contribution in [0.4, 0.5) is 4.39 Å². The lowest BCUT2D eigenvalue weighted by atomic mass is 10.2. The summed E-state index contributed by atoms with van der Waals surface area (Å²) in [7, 11) is 0. The van der Waals surface area contributed by atoms with Crippen molar-refractivity contribution >= 4 is 49.4 Å². The first-order valence-corrected chi connectivity index (χ1v) is 5.31. The summed E-state index contributed by atoms with van der Waals surface area (Å²) in [6.45, 7) is 0. The van der Waals surface area contributed by atoms with E-state index in [2.05, 4.69) is 25.9 Å². The zero-order valence-electron chi connectivity index (χ0n) is 6.26. The van der Waals surface area contributed by atoms with Gasteiger partial charge in [0.15, 0.2) is 9.65 Å². The van der Waals surface area contributed by atoms with Crippen molar-refractivity contribution in [1.29, 1.82) is 0 Å². The van der Waals surface area contributed by atoms with Crippen molar-refractivity contribution < 1.29 is 4.39 Å². The van der Waals surface area contributed by atoms with E-state index in [1.54, 1.807) is 12.3 Å². The highest BCUT2D eigenvalue weighted by Crippen LogP contribution is 2.21.